The number of oxazole rings is 1. The molecule has 0 spiro atoms. The van der Waals surface area contributed by atoms with Crippen molar-refractivity contribution >= 4 is 22.7 Å². The topological polar surface area (TPSA) is 81.2 Å². The van der Waals surface area contributed by atoms with Gasteiger partial charge in [0.1, 0.15) is 5.52 Å². The Morgan fingerprint density at radius 1 is 1.38 bits per heavy atom. The van der Waals surface area contributed by atoms with Gasteiger partial charge in [0.15, 0.2) is 5.58 Å². The lowest BCUT2D eigenvalue weighted by atomic mass is 10.0. The summed E-state index contributed by atoms with van der Waals surface area (Å²) in [6, 6.07) is 3.75. The molecule has 1 heterocycles. The van der Waals surface area contributed by atoms with E-state index in [-0.39, 0.29) is 23.0 Å². The summed E-state index contributed by atoms with van der Waals surface area (Å²) in [4.78, 5) is 15.2. The first kappa shape index (κ1) is 15.3. The largest absolute Gasteiger partial charge is 0.468 e. The van der Waals surface area contributed by atoms with Crippen molar-refractivity contribution in [1.82, 2.24) is 4.98 Å². The lowest BCUT2D eigenvalue weighted by molar-refractivity contribution is -0.156. The summed E-state index contributed by atoms with van der Waals surface area (Å²) in [6.07, 6.45) is -4.65. The van der Waals surface area contributed by atoms with E-state index < -0.39 is 18.0 Å². The number of alkyl halides is 3. The normalized spacial score (nSPS) is 15.0. The zero-order chi connectivity index (χ0) is 15.8. The second-order valence-corrected chi connectivity index (χ2v) is 4.84. The second kappa shape index (κ2) is 5.36. The zero-order valence-corrected chi connectivity index (χ0v) is 11.4. The molecule has 3 N–H and O–H groups in total. The molecule has 0 saturated heterocycles. The van der Waals surface area contributed by atoms with Crippen molar-refractivity contribution in [3.05, 3.63) is 24.1 Å². The van der Waals surface area contributed by atoms with Gasteiger partial charge in [-0.3, -0.25) is 4.79 Å². The van der Waals surface area contributed by atoms with Gasteiger partial charge < -0.3 is 15.5 Å². The fraction of sp³-hybridized carbons (Fsp3) is 0.385. The van der Waals surface area contributed by atoms with Gasteiger partial charge in [-0.25, -0.2) is 4.98 Å². The van der Waals surface area contributed by atoms with E-state index in [1.807, 2.05) is 0 Å². The molecule has 2 atom stereocenters. The molecule has 2 rings (SSSR count). The third-order valence-corrected chi connectivity index (χ3v) is 3.10. The van der Waals surface area contributed by atoms with Gasteiger partial charge in [0, 0.05) is 11.7 Å². The number of rotatable bonds is 3. The van der Waals surface area contributed by atoms with Crippen molar-refractivity contribution in [2.75, 3.05) is 5.32 Å². The van der Waals surface area contributed by atoms with Crippen LogP contribution in [0.25, 0.3) is 11.1 Å². The smallest absolute Gasteiger partial charge is 0.433 e. The first-order valence-electron chi connectivity index (χ1n) is 6.22. The summed E-state index contributed by atoms with van der Waals surface area (Å²) in [5.74, 6) is -2.06. The minimum atomic E-state index is -4.65. The summed E-state index contributed by atoms with van der Waals surface area (Å²) in [5.41, 5.74) is 5.98. The Balaban J connectivity index is 2.25. The number of hydrogen-bond acceptors (Lipinski definition) is 4. The molecule has 0 saturated carbocycles. The molecule has 0 bridgehead atoms. The maximum Gasteiger partial charge on any atom is 0.468 e. The maximum absolute atomic E-state index is 12.5. The molecule has 2 aromatic rings. The van der Waals surface area contributed by atoms with Crippen molar-refractivity contribution in [3.63, 3.8) is 0 Å². The number of nitrogens with two attached hydrogens (primary N) is 1. The number of anilines is 1. The number of nitrogens with one attached hydrogen (secondary N) is 1. The monoisotopic (exact) mass is 301 g/mol. The number of hydrogen-bond donors (Lipinski definition) is 2. The molecule has 0 aliphatic rings. The van der Waals surface area contributed by atoms with E-state index >= 15 is 0 Å². The van der Waals surface area contributed by atoms with Crippen molar-refractivity contribution in [2.45, 2.75) is 26.1 Å². The third kappa shape index (κ3) is 3.33. The van der Waals surface area contributed by atoms with Gasteiger partial charge >= 0.3 is 12.1 Å². The van der Waals surface area contributed by atoms with Gasteiger partial charge in [-0.2, -0.15) is 13.2 Å². The molecule has 114 valence electrons. The van der Waals surface area contributed by atoms with Gasteiger partial charge in [-0.05, 0) is 25.1 Å². The van der Waals surface area contributed by atoms with Crippen LogP contribution in [0.15, 0.2) is 22.6 Å². The zero-order valence-electron chi connectivity index (χ0n) is 11.4. The number of fused-ring (bicyclic) bond motifs is 1. The van der Waals surface area contributed by atoms with Crippen LogP contribution in [0.2, 0.25) is 0 Å². The van der Waals surface area contributed by atoms with Gasteiger partial charge in [0.25, 0.3) is 0 Å². The summed E-state index contributed by atoms with van der Waals surface area (Å²) in [5, 5.41) is 2.58. The van der Waals surface area contributed by atoms with E-state index in [1.54, 1.807) is 13.8 Å². The number of nitrogens with zero attached hydrogens (tertiary/aromatic N) is 1. The molecule has 0 aliphatic carbocycles. The number of carbonyl (C=O) groups excluding carboxylic acids is 1. The molecule has 21 heavy (non-hydrogen) atoms. The van der Waals surface area contributed by atoms with E-state index in [4.69, 9.17) is 5.73 Å². The van der Waals surface area contributed by atoms with Crippen molar-refractivity contribution in [3.8, 4) is 0 Å². The first-order chi connectivity index (χ1) is 9.68. The van der Waals surface area contributed by atoms with E-state index in [0.29, 0.717) is 5.69 Å². The Morgan fingerprint density at radius 3 is 2.62 bits per heavy atom. The number of halogens is 3. The molecule has 1 amide bonds. The highest BCUT2D eigenvalue weighted by molar-refractivity contribution is 5.94. The van der Waals surface area contributed by atoms with Crippen LogP contribution in [0.1, 0.15) is 19.7 Å². The summed E-state index contributed by atoms with van der Waals surface area (Å²) < 4.78 is 42.1. The standard InChI is InChI=1S/C13H14F3N3O2/c1-6(7(2)17)11(20)18-8-3-4-10-9(5-8)19-12(21-10)13(14,15)16/h3-7H,17H2,1-2H3,(H,18,20). The molecule has 1 aromatic carbocycles. The maximum atomic E-state index is 12.5. The Kier molecular flexibility index (Phi) is 3.91. The van der Waals surface area contributed by atoms with Crippen LogP contribution in [0.4, 0.5) is 18.9 Å². The Hall–Kier alpha value is -2.09. The van der Waals surface area contributed by atoms with E-state index in [9.17, 15) is 18.0 Å². The van der Waals surface area contributed by atoms with Gasteiger partial charge in [-0.1, -0.05) is 6.92 Å². The Bertz CT molecular complexity index is 664. The third-order valence-electron chi connectivity index (χ3n) is 3.10. The molecule has 0 fully saturated rings. The van der Waals surface area contributed by atoms with E-state index in [1.165, 1.54) is 18.2 Å². The van der Waals surface area contributed by atoms with Crippen LogP contribution in [0.3, 0.4) is 0 Å². The Labute approximate surface area is 118 Å². The predicted octanol–water partition coefficient (Wildman–Crippen LogP) is 2.77. The Morgan fingerprint density at radius 2 is 2.05 bits per heavy atom. The lowest BCUT2D eigenvalue weighted by Gasteiger charge is -2.15. The number of aromatic nitrogens is 1. The second-order valence-electron chi connectivity index (χ2n) is 4.84. The molecule has 1 aromatic heterocycles. The van der Waals surface area contributed by atoms with Gasteiger partial charge in [-0.15, -0.1) is 0 Å². The van der Waals surface area contributed by atoms with E-state index in [2.05, 4.69) is 14.7 Å². The van der Waals surface area contributed by atoms with Crippen LogP contribution in [0.5, 0.6) is 0 Å². The summed E-state index contributed by atoms with van der Waals surface area (Å²) >= 11 is 0. The van der Waals surface area contributed by atoms with E-state index in [0.717, 1.165) is 0 Å². The predicted molar refractivity (Wildman–Crippen MR) is 70.5 cm³/mol. The van der Waals surface area contributed by atoms with Gasteiger partial charge in [0.05, 0.1) is 5.92 Å². The molecule has 0 radical (unpaired) electrons. The first-order valence-corrected chi connectivity index (χ1v) is 6.22. The molecule has 8 heteroatoms. The van der Waals surface area contributed by atoms with Crippen LogP contribution in [-0.4, -0.2) is 16.9 Å². The minimum Gasteiger partial charge on any atom is -0.433 e. The minimum absolute atomic E-state index is 0.000523. The quantitative estimate of drug-likeness (QED) is 0.913. The highest BCUT2D eigenvalue weighted by atomic mass is 19.4. The SMILES string of the molecule is CC(N)C(C)C(=O)Nc1ccc2oc(C(F)(F)F)nc2c1. The van der Waals surface area contributed by atoms with Crippen molar-refractivity contribution in [2.24, 2.45) is 11.7 Å². The highest BCUT2D eigenvalue weighted by Crippen LogP contribution is 2.31. The van der Waals surface area contributed by atoms with Crippen LogP contribution >= 0.6 is 0 Å². The van der Waals surface area contributed by atoms with Crippen molar-refractivity contribution < 1.29 is 22.4 Å². The number of carbonyl (C=O) groups is 1. The summed E-state index contributed by atoms with van der Waals surface area (Å²) in [6.45, 7) is 3.36. The fourth-order valence-electron chi connectivity index (χ4n) is 1.62. The van der Waals surface area contributed by atoms with Gasteiger partial charge in [0.2, 0.25) is 5.91 Å². The number of benzene rings is 1. The lowest BCUT2D eigenvalue weighted by Crippen LogP contribution is -2.34. The molecule has 0 aliphatic heterocycles. The van der Waals surface area contributed by atoms with Crippen LogP contribution < -0.4 is 11.1 Å². The number of amides is 1. The summed E-state index contributed by atoms with van der Waals surface area (Å²) in [7, 11) is 0. The molecule has 2 unspecified atom stereocenters. The average molecular weight is 301 g/mol. The van der Waals surface area contributed by atoms with Crippen molar-refractivity contribution in [1.29, 1.82) is 0 Å². The highest BCUT2D eigenvalue weighted by Gasteiger charge is 2.37. The molecule has 5 nitrogen and oxygen atoms in total. The van der Waals surface area contributed by atoms with Crippen LogP contribution in [0, 0.1) is 5.92 Å². The molecular weight excluding hydrogens is 287 g/mol. The molecular formula is C13H14F3N3O2. The van der Waals surface area contributed by atoms with Crippen LogP contribution in [-0.2, 0) is 11.0 Å². The average Bonchev–Trinajstić information content (AvgIpc) is 2.80. The fourth-order valence-corrected chi connectivity index (χ4v) is 1.62.